The van der Waals surface area contributed by atoms with Gasteiger partial charge in [-0.2, -0.15) is 0 Å². The zero-order valence-corrected chi connectivity index (χ0v) is 16.7. The second-order valence-electron chi connectivity index (χ2n) is 7.79. The predicted molar refractivity (Wildman–Crippen MR) is 115 cm³/mol. The van der Waals surface area contributed by atoms with Crippen LogP contribution in [0.15, 0.2) is 48.8 Å². The molecule has 0 unspecified atom stereocenters. The Hall–Kier alpha value is -3.15. The molecule has 1 aromatic heterocycles. The van der Waals surface area contributed by atoms with E-state index in [1.165, 1.54) is 22.0 Å². The van der Waals surface area contributed by atoms with Crippen LogP contribution in [-0.2, 0) is 17.8 Å². The molecule has 2 aliphatic heterocycles. The lowest BCUT2D eigenvalue weighted by atomic mass is 10.0. The SMILES string of the molecule is CC(=O)N1CCN(c2ncnc3c2CCN(c2cccc4ccccc24)C3)CC1. The molecule has 1 amide bonds. The summed E-state index contributed by atoms with van der Waals surface area (Å²) in [5, 5.41) is 2.55. The normalized spacial score (nSPS) is 16.8. The lowest BCUT2D eigenvalue weighted by Crippen LogP contribution is -2.49. The van der Waals surface area contributed by atoms with Crippen molar-refractivity contribution in [1.29, 1.82) is 0 Å². The van der Waals surface area contributed by atoms with Gasteiger partial charge in [-0.25, -0.2) is 9.97 Å². The molecule has 3 aromatic rings. The highest BCUT2D eigenvalue weighted by Gasteiger charge is 2.26. The van der Waals surface area contributed by atoms with E-state index in [9.17, 15) is 4.79 Å². The van der Waals surface area contributed by atoms with Crippen LogP contribution >= 0.6 is 0 Å². The number of amides is 1. The minimum atomic E-state index is 0.153. The minimum Gasteiger partial charge on any atom is -0.365 e. The lowest BCUT2D eigenvalue weighted by Gasteiger charge is -2.37. The van der Waals surface area contributed by atoms with Gasteiger partial charge in [-0.1, -0.05) is 36.4 Å². The Bertz CT molecular complexity index is 1050. The van der Waals surface area contributed by atoms with E-state index >= 15 is 0 Å². The molecular weight excluding hydrogens is 362 g/mol. The maximum absolute atomic E-state index is 11.6. The van der Waals surface area contributed by atoms with Crippen LogP contribution in [-0.4, -0.2) is 53.5 Å². The van der Waals surface area contributed by atoms with Crippen molar-refractivity contribution in [2.45, 2.75) is 19.9 Å². The van der Waals surface area contributed by atoms with Crippen molar-refractivity contribution in [3.05, 3.63) is 60.0 Å². The molecule has 2 aliphatic rings. The van der Waals surface area contributed by atoms with Gasteiger partial charge in [-0.15, -0.1) is 0 Å². The Morgan fingerprint density at radius 1 is 0.897 bits per heavy atom. The van der Waals surface area contributed by atoms with Crippen LogP contribution in [0.5, 0.6) is 0 Å². The first-order valence-corrected chi connectivity index (χ1v) is 10.3. The molecule has 0 N–H and O–H groups in total. The standard InChI is InChI=1S/C23H25N5O/c1-17(29)26-11-13-27(14-12-26)23-20-9-10-28(15-21(20)24-16-25-23)22-8-4-6-18-5-2-3-7-19(18)22/h2-8,16H,9-15H2,1H3. The first-order valence-electron chi connectivity index (χ1n) is 10.3. The summed E-state index contributed by atoms with van der Waals surface area (Å²) >= 11 is 0. The van der Waals surface area contributed by atoms with Crippen LogP contribution in [0.25, 0.3) is 10.8 Å². The van der Waals surface area contributed by atoms with Gasteiger partial charge in [0.1, 0.15) is 12.1 Å². The Labute approximate surface area is 170 Å². The molecule has 0 aliphatic carbocycles. The van der Waals surface area contributed by atoms with Gasteiger partial charge in [0, 0.05) is 56.3 Å². The number of anilines is 2. The molecule has 6 nitrogen and oxygen atoms in total. The number of carbonyl (C=O) groups excluding carboxylic acids is 1. The molecule has 3 heterocycles. The van der Waals surface area contributed by atoms with Gasteiger partial charge in [0.2, 0.25) is 5.91 Å². The smallest absolute Gasteiger partial charge is 0.219 e. The number of aromatic nitrogens is 2. The molecule has 0 spiro atoms. The van der Waals surface area contributed by atoms with Gasteiger partial charge >= 0.3 is 0 Å². The number of hydrogen-bond donors (Lipinski definition) is 0. The molecule has 5 rings (SSSR count). The molecule has 0 bridgehead atoms. The van der Waals surface area contributed by atoms with Gasteiger partial charge in [0.25, 0.3) is 0 Å². The molecule has 0 atom stereocenters. The Kier molecular flexibility index (Phi) is 4.54. The van der Waals surface area contributed by atoms with Crippen molar-refractivity contribution in [3.63, 3.8) is 0 Å². The zero-order chi connectivity index (χ0) is 19.8. The van der Waals surface area contributed by atoms with E-state index in [0.717, 1.165) is 57.2 Å². The van der Waals surface area contributed by atoms with Gasteiger partial charge in [0.05, 0.1) is 12.2 Å². The van der Waals surface area contributed by atoms with Gasteiger partial charge < -0.3 is 14.7 Å². The molecule has 148 valence electrons. The number of fused-ring (bicyclic) bond motifs is 2. The fourth-order valence-electron chi connectivity index (χ4n) is 4.53. The average Bonchev–Trinajstić information content (AvgIpc) is 2.78. The van der Waals surface area contributed by atoms with Crippen LogP contribution < -0.4 is 9.80 Å². The van der Waals surface area contributed by atoms with E-state index in [1.54, 1.807) is 13.3 Å². The molecule has 6 heteroatoms. The number of hydrogen-bond acceptors (Lipinski definition) is 5. The third-order valence-electron chi connectivity index (χ3n) is 6.12. The van der Waals surface area contributed by atoms with Crippen molar-refractivity contribution in [1.82, 2.24) is 14.9 Å². The van der Waals surface area contributed by atoms with Crippen LogP contribution in [0, 0.1) is 0 Å². The highest BCUT2D eigenvalue weighted by Crippen LogP contribution is 2.32. The number of piperazine rings is 1. The molecule has 0 radical (unpaired) electrons. The lowest BCUT2D eigenvalue weighted by molar-refractivity contribution is -0.129. The van der Waals surface area contributed by atoms with Gasteiger partial charge in [-0.05, 0) is 17.9 Å². The summed E-state index contributed by atoms with van der Waals surface area (Å²) in [6.07, 6.45) is 2.62. The van der Waals surface area contributed by atoms with E-state index in [-0.39, 0.29) is 5.91 Å². The van der Waals surface area contributed by atoms with Crippen molar-refractivity contribution >= 4 is 28.2 Å². The monoisotopic (exact) mass is 387 g/mol. The summed E-state index contributed by atoms with van der Waals surface area (Å²) in [6.45, 7) is 6.57. The Morgan fingerprint density at radius 2 is 1.69 bits per heavy atom. The number of carbonyl (C=O) groups is 1. The Morgan fingerprint density at radius 3 is 2.52 bits per heavy atom. The van der Waals surface area contributed by atoms with Gasteiger partial charge in [-0.3, -0.25) is 4.79 Å². The fraction of sp³-hybridized carbons (Fsp3) is 0.348. The highest BCUT2D eigenvalue weighted by molar-refractivity contribution is 5.94. The van der Waals surface area contributed by atoms with Crippen LogP contribution in [0.4, 0.5) is 11.5 Å². The molecule has 29 heavy (non-hydrogen) atoms. The van der Waals surface area contributed by atoms with Crippen LogP contribution in [0.1, 0.15) is 18.2 Å². The number of benzene rings is 2. The highest BCUT2D eigenvalue weighted by atomic mass is 16.2. The maximum Gasteiger partial charge on any atom is 0.219 e. The van der Waals surface area contributed by atoms with E-state index in [1.807, 2.05) is 4.90 Å². The van der Waals surface area contributed by atoms with Crippen LogP contribution in [0.3, 0.4) is 0 Å². The van der Waals surface area contributed by atoms with E-state index in [0.29, 0.717) is 0 Å². The molecule has 1 fully saturated rings. The quantitative estimate of drug-likeness (QED) is 0.677. The first kappa shape index (κ1) is 17.9. The van der Waals surface area contributed by atoms with Crippen LogP contribution in [0.2, 0.25) is 0 Å². The predicted octanol–water partition coefficient (Wildman–Crippen LogP) is 2.86. The maximum atomic E-state index is 11.6. The summed E-state index contributed by atoms with van der Waals surface area (Å²) in [7, 11) is 0. The fourth-order valence-corrected chi connectivity index (χ4v) is 4.53. The summed E-state index contributed by atoms with van der Waals surface area (Å²) in [5.74, 6) is 1.20. The third-order valence-corrected chi connectivity index (χ3v) is 6.12. The largest absolute Gasteiger partial charge is 0.365 e. The topological polar surface area (TPSA) is 52.6 Å². The van der Waals surface area contributed by atoms with Crippen molar-refractivity contribution in [2.24, 2.45) is 0 Å². The second-order valence-corrected chi connectivity index (χ2v) is 7.79. The molecule has 0 saturated carbocycles. The van der Waals surface area contributed by atoms with Crippen molar-refractivity contribution in [3.8, 4) is 0 Å². The average molecular weight is 387 g/mol. The number of rotatable bonds is 2. The molecule has 1 saturated heterocycles. The van der Waals surface area contributed by atoms with E-state index < -0.39 is 0 Å². The minimum absolute atomic E-state index is 0.153. The summed E-state index contributed by atoms with van der Waals surface area (Å²) in [4.78, 5) is 27.5. The summed E-state index contributed by atoms with van der Waals surface area (Å²) in [5.41, 5.74) is 3.65. The van der Waals surface area contributed by atoms with Crippen molar-refractivity contribution < 1.29 is 4.79 Å². The first-order chi connectivity index (χ1) is 14.2. The molecule has 2 aromatic carbocycles. The van der Waals surface area contributed by atoms with E-state index in [2.05, 4.69) is 62.2 Å². The second kappa shape index (κ2) is 7.35. The van der Waals surface area contributed by atoms with Crippen molar-refractivity contribution in [2.75, 3.05) is 42.5 Å². The Balaban J connectivity index is 1.41. The summed E-state index contributed by atoms with van der Waals surface area (Å²) in [6, 6.07) is 15.0. The third kappa shape index (κ3) is 3.28. The zero-order valence-electron chi connectivity index (χ0n) is 16.7. The summed E-state index contributed by atoms with van der Waals surface area (Å²) < 4.78 is 0. The van der Waals surface area contributed by atoms with E-state index in [4.69, 9.17) is 0 Å². The molecular formula is C23H25N5O. The number of nitrogens with zero attached hydrogens (tertiary/aromatic N) is 5. The van der Waals surface area contributed by atoms with Gasteiger partial charge in [0.15, 0.2) is 0 Å².